The third kappa shape index (κ3) is 7.27. The van der Waals surface area contributed by atoms with Crippen LogP contribution in [0.5, 0.6) is 0 Å². The van der Waals surface area contributed by atoms with Gasteiger partial charge >= 0.3 is 0 Å². The maximum atomic E-state index is 2.59. The van der Waals surface area contributed by atoms with E-state index in [0.29, 0.717) is 0 Å². The van der Waals surface area contributed by atoms with E-state index in [1.807, 2.05) is 13.8 Å². The van der Waals surface area contributed by atoms with E-state index in [2.05, 4.69) is 18.7 Å². The Morgan fingerprint density at radius 1 is 0.938 bits per heavy atom. The van der Waals surface area contributed by atoms with E-state index >= 15 is 0 Å². The first-order valence-electron chi connectivity index (χ1n) is 7.59. The quantitative estimate of drug-likeness (QED) is 0.594. The highest BCUT2D eigenvalue weighted by Gasteiger charge is 2.16. The molecule has 1 fully saturated rings. The van der Waals surface area contributed by atoms with E-state index in [-0.39, 0.29) is 0 Å². The van der Waals surface area contributed by atoms with Crippen LogP contribution in [0.25, 0.3) is 0 Å². The molecule has 1 nitrogen and oxygen atoms in total. The molecule has 0 radical (unpaired) electrons. The lowest BCUT2D eigenvalue weighted by atomic mass is 9.91. The van der Waals surface area contributed by atoms with Gasteiger partial charge in [-0.3, -0.25) is 0 Å². The highest BCUT2D eigenvalue weighted by atomic mass is 15.1. The molecule has 0 bridgehead atoms. The van der Waals surface area contributed by atoms with Crippen molar-refractivity contribution >= 4 is 0 Å². The molecule has 1 saturated heterocycles. The van der Waals surface area contributed by atoms with Crippen molar-refractivity contribution in [1.82, 2.24) is 4.90 Å². The Morgan fingerprint density at radius 2 is 1.56 bits per heavy atom. The van der Waals surface area contributed by atoms with Crippen LogP contribution in [-0.4, -0.2) is 24.5 Å². The molecular weight excluding hydrogens is 194 g/mol. The first-order chi connectivity index (χ1) is 7.86. The second kappa shape index (κ2) is 11.4. The van der Waals surface area contributed by atoms with Gasteiger partial charge in [-0.2, -0.15) is 0 Å². The van der Waals surface area contributed by atoms with E-state index in [9.17, 15) is 0 Å². The lowest BCUT2D eigenvalue weighted by molar-refractivity contribution is 0.184. The summed E-state index contributed by atoms with van der Waals surface area (Å²) in [6.07, 6.45) is 10.2. The molecule has 16 heavy (non-hydrogen) atoms. The van der Waals surface area contributed by atoms with Crippen LogP contribution in [0, 0.1) is 5.92 Å². The van der Waals surface area contributed by atoms with Crippen LogP contribution in [0.15, 0.2) is 0 Å². The fraction of sp³-hybridized carbons (Fsp3) is 1.00. The fourth-order valence-corrected chi connectivity index (χ4v) is 2.45. The zero-order valence-corrected chi connectivity index (χ0v) is 12.1. The minimum Gasteiger partial charge on any atom is -0.304 e. The molecule has 1 aliphatic heterocycles. The summed E-state index contributed by atoms with van der Waals surface area (Å²) in [5.74, 6) is 1.05. The Hall–Kier alpha value is -0.0400. The second-order valence-electron chi connectivity index (χ2n) is 4.73. The summed E-state index contributed by atoms with van der Waals surface area (Å²) in [5.41, 5.74) is 0. The van der Waals surface area contributed by atoms with Crippen molar-refractivity contribution in [2.75, 3.05) is 19.6 Å². The van der Waals surface area contributed by atoms with Crippen LogP contribution in [0.1, 0.15) is 72.6 Å². The molecule has 0 atom stereocenters. The first-order valence-corrected chi connectivity index (χ1v) is 7.59. The Bertz CT molecular complexity index is 125. The zero-order valence-electron chi connectivity index (χ0n) is 12.1. The van der Waals surface area contributed by atoms with E-state index < -0.39 is 0 Å². The van der Waals surface area contributed by atoms with Crippen molar-refractivity contribution in [3.05, 3.63) is 0 Å². The molecule has 1 rings (SSSR count). The Morgan fingerprint density at radius 3 is 2.06 bits per heavy atom. The molecule has 0 aromatic heterocycles. The van der Waals surface area contributed by atoms with Crippen LogP contribution in [0.4, 0.5) is 0 Å². The number of nitrogens with zero attached hydrogens (tertiary/aromatic N) is 1. The summed E-state index contributed by atoms with van der Waals surface area (Å²) in [5, 5.41) is 0. The van der Waals surface area contributed by atoms with E-state index in [1.54, 1.807) is 0 Å². The average Bonchev–Trinajstić information content (AvgIpc) is 2.38. The maximum absolute atomic E-state index is 2.59. The lowest BCUT2D eigenvalue weighted by Crippen LogP contribution is -2.33. The third-order valence-corrected chi connectivity index (χ3v) is 3.62. The highest BCUT2D eigenvalue weighted by Crippen LogP contribution is 2.22. The van der Waals surface area contributed by atoms with Gasteiger partial charge in [-0.1, -0.05) is 59.8 Å². The molecule has 98 valence electrons. The zero-order chi connectivity index (χ0) is 12.2. The number of hydrogen-bond donors (Lipinski definition) is 0. The summed E-state index contributed by atoms with van der Waals surface area (Å²) in [7, 11) is 0. The smallest absolute Gasteiger partial charge is 0.00162 e. The molecule has 1 aliphatic rings. The van der Waals surface area contributed by atoms with Crippen molar-refractivity contribution in [2.24, 2.45) is 5.92 Å². The lowest BCUT2D eigenvalue weighted by Gasteiger charge is -2.31. The fourth-order valence-electron chi connectivity index (χ4n) is 2.45. The normalized spacial score (nSPS) is 18.0. The average molecular weight is 227 g/mol. The molecule has 0 N–H and O–H groups in total. The SMILES string of the molecule is CC.CCCCCCC1CCN(CC)CC1. The Balaban J connectivity index is 0.00000106. The number of piperidine rings is 1. The second-order valence-corrected chi connectivity index (χ2v) is 4.73. The highest BCUT2D eigenvalue weighted by molar-refractivity contribution is 4.71. The van der Waals surface area contributed by atoms with E-state index in [1.165, 1.54) is 64.6 Å². The predicted octanol–water partition coefficient (Wildman–Crippen LogP) is 4.71. The maximum Gasteiger partial charge on any atom is -0.00162 e. The van der Waals surface area contributed by atoms with Crippen molar-refractivity contribution in [3.8, 4) is 0 Å². The van der Waals surface area contributed by atoms with Gasteiger partial charge in [0.25, 0.3) is 0 Å². The summed E-state index contributed by atoms with van der Waals surface area (Å²) < 4.78 is 0. The van der Waals surface area contributed by atoms with Crippen molar-refractivity contribution < 1.29 is 0 Å². The number of likely N-dealkylation sites (tertiary alicyclic amines) is 1. The summed E-state index contributed by atoms with van der Waals surface area (Å²) in [4.78, 5) is 2.59. The molecule has 0 spiro atoms. The standard InChI is InChI=1S/C13H27N.C2H6/c1-3-5-6-7-8-13-9-11-14(4-2)12-10-13;1-2/h13H,3-12H2,1-2H3;1-2H3. The molecule has 0 aromatic rings. The minimum atomic E-state index is 1.05. The topological polar surface area (TPSA) is 3.24 Å². The molecule has 0 unspecified atom stereocenters. The molecular formula is C15H33N. The van der Waals surface area contributed by atoms with Gasteiger partial charge in [-0.05, 0) is 38.4 Å². The van der Waals surface area contributed by atoms with Gasteiger partial charge in [0.2, 0.25) is 0 Å². The molecule has 0 saturated carbocycles. The largest absolute Gasteiger partial charge is 0.304 e. The number of unbranched alkanes of at least 4 members (excludes halogenated alkanes) is 3. The third-order valence-electron chi connectivity index (χ3n) is 3.62. The van der Waals surface area contributed by atoms with Crippen LogP contribution in [0.2, 0.25) is 0 Å². The monoisotopic (exact) mass is 227 g/mol. The minimum absolute atomic E-state index is 1.05. The predicted molar refractivity (Wildman–Crippen MR) is 74.9 cm³/mol. The summed E-state index contributed by atoms with van der Waals surface area (Å²) in [6, 6.07) is 0. The van der Waals surface area contributed by atoms with Crippen LogP contribution >= 0.6 is 0 Å². The van der Waals surface area contributed by atoms with Gasteiger partial charge in [-0.25, -0.2) is 0 Å². The molecule has 0 amide bonds. The molecule has 0 aromatic carbocycles. The van der Waals surface area contributed by atoms with Crippen LogP contribution in [-0.2, 0) is 0 Å². The van der Waals surface area contributed by atoms with E-state index in [4.69, 9.17) is 0 Å². The van der Waals surface area contributed by atoms with Gasteiger partial charge in [0.1, 0.15) is 0 Å². The van der Waals surface area contributed by atoms with Crippen molar-refractivity contribution in [1.29, 1.82) is 0 Å². The molecule has 1 heterocycles. The van der Waals surface area contributed by atoms with Gasteiger partial charge in [0, 0.05) is 0 Å². The first kappa shape index (κ1) is 16.0. The van der Waals surface area contributed by atoms with Gasteiger partial charge < -0.3 is 4.90 Å². The van der Waals surface area contributed by atoms with Gasteiger partial charge in [-0.15, -0.1) is 0 Å². The van der Waals surface area contributed by atoms with Crippen molar-refractivity contribution in [2.45, 2.75) is 72.6 Å². The molecule has 0 aliphatic carbocycles. The van der Waals surface area contributed by atoms with E-state index in [0.717, 1.165) is 5.92 Å². The number of hydrogen-bond acceptors (Lipinski definition) is 1. The van der Waals surface area contributed by atoms with Gasteiger partial charge in [0.05, 0.1) is 0 Å². The van der Waals surface area contributed by atoms with Crippen LogP contribution < -0.4 is 0 Å². The van der Waals surface area contributed by atoms with Crippen LogP contribution in [0.3, 0.4) is 0 Å². The summed E-state index contributed by atoms with van der Waals surface area (Å²) >= 11 is 0. The number of rotatable bonds is 6. The Kier molecular flexibility index (Phi) is 11.4. The Labute approximate surface area is 104 Å². The van der Waals surface area contributed by atoms with Crippen molar-refractivity contribution in [3.63, 3.8) is 0 Å². The summed E-state index contributed by atoms with van der Waals surface area (Å²) in [6.45, 7) is 12.5. The molecule has 1 heteroatoms. The van der Waals surface area contributed by atoms with Gasteiger partial charge in [0.15, 0.2) is 0 Å².